The van der Waals surface area contributed by atoms with E-state index >= 15 is 0 Å². The molecule has 3 rings (SSSR count). The number of hydrogen-bond donors (Lipinski definition) is 1. The molecule has 0 saturated heterocycles. The molecule has 0 bridgehead atoms. The number of carbonyl (C=O) groups is 1. The number of thiazole rings is 1. The number of nitrogens with two attached hydrogens (primary N) is 1. The number of furan rings is 1. The largest absolute Gasteiger partial charge is 0.459 e. The summed E-state index contributed by atoms with van der Waals surface area (Å²) in [5.41, 5.74) is 6.25. The van der Waals surface area contributed by atoms with E-state index in [9.17, 15) is 4.79 Å². The van der Waals surface area contributed by atoms with Gasteiger partial charge >= 0.3 is 0 Å². The van der Waals surface area contributed by atoms with Gasteiger partial charge in [-0.3, -0.25) is 4.79 Å². The lowest BCUT2D eigenvalue weighted by atomic mass is 10.2. The molecule has 9 heteroatoms. The van der Waals surface area contributed by atoms with Gasteiger partial charge in [0.15, 0.2) is 15.9 Å². The Balaban J connectivity index is 1.70. The maximum atomic E-state index is 11.1. The van der Waals surface area contributed by atoms with Gasteiger partial charge in [-0.05, 0) is 25.0 Å². The fraction of sp³-hybridized carbons (Fsp3) is 0.444. The first-order valence-corrected chi connectivity index (χ1v) is 10.6. The zero-order valence-corrected chi connectivity index (χ0v) is 17.3. The molecule has 0 radical (unpaired) electrons. The molecule has 3 heterocycles. The van der Waals surface area contributed by atoms with Crippen molar-refractivity contribution in [2.75, 3.05) is 0 Å². The van der Waals surface area contributed by atoms with Crippen molar-refractivity contribution in [1.29, 1.82) is 0 Å². The van der Waals surface area contributed by atoms with Gasteiger partial charge in [0.2, 0.25) is 5.91 Å². The van der Waals surface area contributed by atoms with Gasteiger partial charge in [-0.2, -0.15) is 0 Å². The van der Waals surface area contributed by atoms with Crippen LogP contribution in [-0.2, 0) is 23.5 Å². The summed E-state index contributed by atoms with van der Waals surface area (Å²) in [7, 11) is 0. The molecule has 0 aromatic carbocycles. The van der Waals surface area contributed by atoms with Crippen molar-refractivity contribution in [1.82, 2.24) is 19.7 Å². The molecule has 1 amide bonds. The zero-order chi connectivity index (χ0) is 19.4. The highest BCUT2D eigenvalue weighted by atomic mass is 32.2. The van der Waals surface area contributed by atoms with Gasteiger partial charge in [-0.1, -0.05) is 25.6 Å². The third kappa shape index (κ3) is 5.20. The predicted molar refractivity (Wildman–Crippen MR) is 106 cm³/mol. The van der Waals surface area contributed by atoms with Gasteiger partial charge in [0.1, 0.15) is 11.6 Å². The average Bonchev–Trinajstić information content (AvgIpc) is 3.31. The van der Waals surface area contributed by atoms with E-state index in [0.29, 0.717) is 18.1 Å². The molecule has 3 aromatic heterocycles. The predicted octanol–water partition coefficient (Wildman–Crippen LogP) is 3.67. The Bertz CT molecular complexity index is 913. The molecule has 0 aliphatic heterocycles. The van der Waals surface area contributed by atoms with Crippen LogP contribution in [0.2, 0.25) is 0 Å². The Kier molecular flexibility index (Phi) is 6.33. The molecule has 7 nitrogen and oxygen atoms in total. The lowest BCUT2D eigenvalue weighted by Gasteiger charge is -2.11. The van der Waals surface area contributed by atoms with Crippen molar-refractivity contribution in [3.63, 3.8) is 0 Å². The van der Waals surface area contributed by atoms with Gasteiger partial charge in [0, 0.05) is 30.5 Å². The van der Waals surface area contributed by atoms with E-state index in [-0.39, 0.29) is 12.3 Å². The van der Waals surface area contributed by atoms with E-state index < -0.39 is 0 Å². The molecule has 0 atom stereocenters. The molecule has 0 saturated carbocycles. The first-order valence-electron chi connectivity index (χ1n) is 8.76. The number of amides is 1. The third-order valence-electron chi connectivity index (χ3n) is 3.79. The summed E-state index contributed by atoms with van der Waals surface area (Å²) in [6.07, 6.45) is 0.785. The number of carbonyl (C=O) groups excluding carboxylic acids is 1. The van der Waals surface area contributed by atoms with Crippen LogP contribution in [0.5, 0.6) is 0 Å². The number of nitrogens with zero attached hydrogens (tertiary/aromatic N) is 4. The standard InChI is InChI=1S/C18H23N5O2S2/c1-11(2)8-23-16(7-6-15(19)24)21-22-18(23)27-10-13-9-26-17(20-13)14-5-4-12(3)25-14/h4-5,9,11H,6-8,10H2,1-3H3,(H2,19,24). The van der Waals surface area contributed by atoms with Crippen LogP contribution in [0.15, 0.2) is 27.1 Å². The van der Waals surface area contributed by atoms with Crippen LogP contribution in [0.3, 0.4) is 0 Å². The molecular formula is C18H23N5O2S2. The maximum Gasteiger partial charge on any atom is 0.217 e. The van der Waals surface area contributed by atoms with Gasteiger partial charge in [-0.25, -0.2) is 4.98 Å². The normalized spacial score (nSPS) is 11.4. The number of rotatable bonds is 9. The molecule has 0 aliphatic rings. The van der Waals surface area contributed by atoms with Crippen LogP contribution in [0.1, 0.15) is 37.5 Å². The lowest BCUT2D eigenvalue weighted by Crippen LogP contribution is -2.15. The highest BCUT2D eigenvalue weighted by Crippen LogP contribution is 2.29. The number of primary amides is 1. The highest BCUT2D eigenvalue weighted by Gasteiger charge is 2.16. The Hall–Kier alpha value is -2.13. The molecule has 27 heavy (non-hydrogen) atoms. The number of thioether (sulfide) groups is 1. The highest BCUT2D eigenvalue weighted by molar-refractivity contribution is 7.98. The van der Waals surface area contributed by atoms with E-state index in [4.69, 9.17) is 10.2 Å². The monoisotopic (exact) mass is 405 g/mol. The van der Waals surface area contributed by atoms with Gasteiger partial charge in [0.25, 0.3) is 0 Å². The van der Waals surface area contributed by atoms with Crippen LogP contribution >= 0.6 is 23.1 Å². The fourth-order valence-electron chi connectivity index (χ4n) is 2.57. The summed E-state index contributed by atoms with van der Waals surface area (Å²) in [6.45, 7) is 7.01. The Labute approximate surface area is 166 Å². The van der Waals surface area contributed by atoms with Crippen LogP contribution in [0.4, 0.5) is 0 Å². The molecule has 144 valence electrons. The minimum atomic E-state index is -0.327. The minimum Gasteiger partial charge on any atom is -0.459 e. The molecule has 0 fully saturated rings. The molecular weight excluding hydrogens is 382 g/mol. The number of aromatic nitrogens is 4. The second kappa shape index (κ2) is 8.71. The van der Waals surface area contributed by atoms with Crippen molar-refractivity contribution in [2.24, 2.45) is 11.7 Å². The average molecular weight is 406 g/mol. The Morgan fingerprint density at radius 2 is 2.19 bits per heavy atom. The zero-order valence-electron chi connectivity index (χ0n) is 15.6. The summed E-state index contributed by atoms with van der Waals surface area (Å²) >= 11 is 3.17. The number of hydrogen-bond acceptors (Lipinski definition) is 7. The van der Waals surface area contributed by atoms with Crippen molar-refractivity contribution in [3.05, 3.63) is 34.8 Å². The summed E-state index contributed by atoms with van der Waals surface area (Å²) in [4.78, 5) is 15.7. The summed E-state index contributed by atoms with van der Waals surface area (Å²) in [6, 6.07) is 3.88. The smallest absolute Gasteiger partial charge is 0.217 e. The molecule has 2 N–H and O–H groups in total. The Morgan fingerprint density at radius 1 is 1.37 bits per heavy atom. The van der Waals surface area contributed by atoms with E-state index in [1.54, 1.807) is 23.1 Å². The summed E-state index contributed by atoms with van der Waals surface area (Å²) in [5, 5.41) is 12.3. The van der Waals surface area contributed by atoms with Crippen molar-refractivity contribution >= 4 is 29.0 Å². The lowest BCUT2D eigenvalue weighted by molar-refractivity contribution is -0.118. The first-order chi connectivity index (χ1) is 12.9. The molecule has 0 unspecified atom stereocenters. The fourth-order valence-corrected chi connectivity index (χ4v) is 4.31. The van der Waals surface area contributed by atoms with Crippen molar-refractivity contribution < 1.29 is 9.21 Å². The second-order valence-corrected chi connectivity index (χ2v) is 8.51. The van der Waals surface area contributed by atoms with Crippen molar-refractivity contribution in [2.45, 2.75) is 51.1 Å². The van der Waals surface area contributed by atoms with Gasteiger partial charge < -0.3 is 14.7 Å². The quantitative estimate of drug-likeness (QED) is 0.545. The Morgan fingerprint density at radius 3 is 2.85 bits per heavy atom. The molecule has 3 aromatic rings. The first kappa shape index (κ1) is 19.6. The summed E-state index contributed by atoms with van der Waals surface area (Å²) in [5.74, 6) is 3.29. The van der Waals surface area contributed by atoms with Crippen LogP contribution in [0, 0.1) is 12.8 Å². The van der Waals surface area contributed by atoms with E-state index in [1.807, 2.05) is 24.4 Å². The van der Waals surface area contributed by atoms with E-state index in [2.05, 4.69) is 33.6 Å². The second-order valence-electron chi connectivity index (χ2n) is 6.71. The van der Waals surface area contributed by atoms with Gasteiger partial charge in [-0.15, -0.1) is 21.5 Å². The van der Waals surface area contributed by atoms with Gasteiger partial charge in [0.05, 0.1) is 5.69 Å². The van der Waals surface area contributed by atoms with Crippen LogP contribution < -0.4 is 5.73 Å². The summed E-state index contributed by atoms with van der Waals surface area (Å²) < 4.78 is 7.72. The minimum absolute atomic E-state index is 0.277. The van der Waals surface area contributed by atoms with Crippen LogP contribution in [-0.4, -0.2) is 25.7 Å². The third-order valence-corrected chi connectivity index (χ3v) is 5.69. The molecule has 0 aliphatic carbocycles. The van der Waals surface area contributed by atoms with Crippen LogP contribution in [0.25, 0.3) is 10.8 Å². The maximum absolute atomic E-state index is 11.1. The topological polar surface area (TPSA) is 99.8 Å². The molecule has 0 spiro atoms. The van der Waals surface area contributed by atoms with E-state index in [1.165, 1.54) is 0 Å². The SMILES string of the molecule is Cc1ccc(-c2nc(CSc3nnc(CCC(N)=O)n3CC(C)C)cs2)o1. The number of aryl methyl sites for hydroxylation is 2. The van der Waals surface area contributed by atoms with Crippen molar-refractivity contribution in [3.8, 4) is 10.8 Å². The van der Waals surface area contributed by atoms with E-state index in [0.717, 1.165) is 39.7 Å².